The van der Waals surface area contributed by atoms with E-state index in [9.17, 15) is 4.39 Å². The summed E-state index contributed by atoms with van der Waals surface area (Å²) in [7, 11) is 3.83. The molecule has 1 aromatic carbocycles. The molecule has 0 radical (unpaired) electrons. The summed E-state index contributed by atoms with van der Waals surface area (Å²) in [5.41, 5.74) is 1.60. The van der Waals surface area contributed by atoms with Crippen LogP contribution in [0.5, 0.6) is 0 Å². The van der Waals surface area contributed by atoms with Gasteiger partial charge in [0.25, 0.3) is 0 Å². The molecule has 0 fully saturated rings. The third kappa shape index (κ3) is 3.17. The van der Waals surface area contributed by atoms with E-state index in [1.54, 1.807) is 12.3 Å². The summed E-state index contributed by atoms with van der Waals surface area (Å²) < 4.78 is 16.1. The summed E-state index contributed by atoms with van der Waals surface area (Å²) in [5.74, 6) is 0.710. The Morgan fingerprint density at radius 3 is 2.85 bits per heavy atom. The Balaban J connectivity index is 2.24. The molecule has 2 aromatic rings. The minimum absolute atomic E-state index is 0.197. The van der Waals surface area contributed by atoms with Gasteiger partial charge in [0.1, 0.15) is 11.6 Å². The van der Waals surface area contributed by atoms with E-state index in [4.69, 9.17) is 0 Å². The van der Waals surface area contributed by atoms with Crippen molar-refractivity contribution < 1.29 is 4.39 Å². The summed E-state index contributed by atoms with van der Waals surface area (Å²) in [4.78, 5) is 6.19. The standard InChI is InChI=1S/C15H21FN4/c1-4-17-10-12-6-5-7-13(16)15(12)20(3)11-14-18-8-9-19(14)2/h5-9,17H,4,10-11H2,1-3H3. The number of rotatable bonds is 6. The normalized spacial score (nSPS) is 10.8. The number of hydrogen-bond acceptors (Lipinski definition) is 3. The minimum atomic E-state index is -0.197. The van der Waals surface area contributed by atoms with Gasteiger partial charge in [0.15, 0.2) is 0 Å². The Hall–Kier alpha value is -1.88. The molecule has 4 nitrogen and oxygen atoms in total. The quantitative estimate of drug-likeness (QED) is 0.879. The number of benzene rings is 1. The molecule has 0 saturated heterocycles. The highest BCUT2D eigenvalue weighted by atomic mass is 19.1. The fourth-order valence-corrected chi connectivity index (χ4v) is 2.23. The van der Waals surface area contributed by atoms with Crippen LogP contribution in [0.4, 0.5) is 10.1 Å². The van der Waals surface area contributed by atoms with E-state index in [2.05, 4.69) is 10.3 Å². The molecule has 5 heteroatoms. The summed E-state index contributed by atoms with van der Waals surface area (Å²) in [5, 5.41) is 3.24. The fourth-order valence-electron chi connectivity index (χ4n) is 2.23. The van der Waals surface area contributed by atoms with Crippen molar-refractivity contribution in [3.63, 3.8) is 0 Å². The Labute approximate surface area is 119 Å². The largest absolute Gasteiger partial charge is 0.364 e. The predicted molar refractivity (Wildman–Crippen MR) is 79.1 cm³/mol. The number of aromatic nitrogens is 2. The number of anilines is 1. The molecule has 0 spiro atoms. The zero-order chi connectivity index (χ0) is 14.5. The first kappa shape index (κ1) is 14.5. The maximum atomic E-state index is 14.2. The van der Waals surface area contributed by atoms with Crippen molar-refractivity contribution in [2.24, 2.45) is 7.05 Å². The Morgan fingerprint density at radius 2 is 2.20 bits per heavy atom. The van der Waals surface area contributed by atoms with Crippen LogP contribution in [0.3, 0.4) is 0 Å². The molecule has 0 amide bonds. The maximum absolute atomic E-state index is 14.2. The van der Waals surface area contributed by atoms with Gasteiger partial charge in [-0.05, 0) is 18.2 Å². The van der Waals surface area contributed by atoms with Crippen LogP contribution in [0.2, 0.25) is 0 Å². The molecule has 0 atom stereocenters. The zero-order valence-electron chi connectivity index (χ0n) is 12.2. The van der Waals surface area contributed by atoms with Gasteiger partial charge >= 0.3 is 0 Å². The molecule has 108 valence electrons. The highest BCUT2D eigenvalue weighted by molar-refractivity contribution is 5.54. The van der Waals surface area contributed by atoms with E-state index in [0.717, 1.165) is 17.9 Å². The van der Waals surface area contributed by atoms with Crippen LogP contribution >= 0.6 is 0 Å². The molecule has 0 bridgehead atoms. The van der Waals surface area contributed by atoms with Gasteiger partial charge in [-0.15, -0.1) is 0 Å². The van der Waals surface area contributed by atoms with Crippen molar-refractivity contribution in [2.45, 2.75) is 20.0 Å². The molecule has 0 saturated carbocycles. The molecule has 0 aliphatic rings. The number of hydrogen-bond donors (Lipinski definition) is 1. The van der Waals surface area contributed by atoms with Crippen LogP contribution < -0.4 is 10.2 Å². The molecule has 20 heavy (non-hydrogen) atoms. The lowest BCUT2D eigenvalue weighted by Gasteiger charge is -2.23. The van der Waals surface area contributed by atoms with Crippen molar-refractivity contribution in [3.8, 4) is 0 Å². The predicted octanol–water partition coefficient (Wildman–Crippen LogP) is 2.31. The van der Waals surface area contributed by atoms with Crippen LogP contribution in [0.15, 0.2) is 30.6 Å². The van der Waals surface area contributed by atoms with E-state index in [-0.39, 0.29) is 5.82 Å². The molecule has 0 aliphatic heterocycles. The average Bonchev–Trinajstić information content (AvgIpc) is 2.81. The summed E-state index contributed by atoms with van der Waals surface area (Å²) in [6.07, 6.45) is 3.65. The van der Waals surface area contributed by atoms with Crippen LogP contribution in [-0.4, -0.2) is 23.1 Å². The minimum Gasteiger partial charge on any atom is -0.364 e. The van der Waals surface area contributed by atoms with Crippen molar-refractivity contribution in [1.82, 2.24) is 14.9 Å². The number of para-hydroxylation sites is 1. The van der Waals surface area contributed by atoms with Crippen molar-refractivity contribution in [2.75, 3.05) is 18.5 Å². The Bertz CT molecular complexity index is 565. The third-order valence-corrected chi connectivity index (χ3v) is 3.32. The highest BCUT2D eigenvalue weighted by Gasteiger charge is 2.14. The van der Waals surface area contributed by atoms with Crippen molar-refractivity contribution >= 4 is 5.69 Å². The highest BCUT2D eigenvalue weighted by Crippen LogP contribution is 2.24. The lowest BCUT2D eigenvalue weighted by atomic mass is 10.1. The van der Waals surface area contributed by atoms with Crippen LogP contribution in [-0.2, 0) is 20.1 Å². The van der Waals surface area contributed by atoms with Gasteiger partial charge in [0, 0.05) is 33.0 Å². The van der Waals surface area contributed by atoms with Gasteiger partial charge < -0.3 is 14.8 Å². The molecular formula is C15H21FN4. The first-order valence-electron chi connectivity index (χ1n) is 6.79. The lowest BCUT2D eigenvalue weighted by Crippen LogP contribution is -2.23. The molecule has 0 unspecified atom stereocenters. The molecular weight excluding hydrogens is 255 g/mol. The average molecular weight is 276 g/mol. The Morgan fingerprint density at radius 1 is 1.40 bits per heavy atom. The van der Waals surface area contributed by atoms with Gasteiger partial charge in [-0.3, -0.25) is 0 Å². The topological polar surface area (TPSA) is 33.1 Å². The summed E-state index contributed by atoms with van der Waals surface area (Å²) >= 11 is 0. The van der Waals surface area contributed by atoms with E-state index in [0.29, 0.717) is 18.8 Å². The smallest absolute Gasteiger partial charge is 0.146 e. The summed E-state index contributed by atoms with van der Waals surface area (Å²) in [6, 6.07) is 5.20. The third-order valence-electron chi connectivity index (χ3n) is 3.32. The van der Waals surface area contributed by atoms with E-state index >= 15 is 0 Å². The van der Waals surface area contributed by atoms with Gasteiger partial charge in [-0.1, -0.05) is 19.1 Å². The number of aryl methyl sites for hydroxylation is 1. The molecule has 1 N–H and O–H groups in total. The van der Waals surface area contributed by atoms with Crippen LogP contribution in [0.25, 0.3) is 0 Å². The van der Waals surface area contributed by atoms with Crippen LogP contribution in [0.1, 0.15) is 18.3 Å². The number of nitrogens with zero attached hydrogens (tertiary/aromatic N) is 3. The van der Waals surface area contributed by atoms with Gasteiger partial charge in [-0.2, -0.15) is 0 Å². The number of nitrogens with one attached hydrogen (secondary N) is 1. The number of imidazole rings is 1. The van der Waals surface area contributed by atoms with E-state index < -0.39 is 0 Å². The monoisotopic (exact) mass is 276 g/mol. The second-order valence-corrected chi connectivity index (χ2v) is 4.84. The molecule has 2 rings (SSSR count). The Kier molecular flexibility index (Phi) is 4.74. The maximum Gasteiger partial charge on any atom is 0.146 e. The SMILES string of the molecule is CCNCc1cccc(F)c1N(C)Cc1nccn1C. The van der Waals surface area contributed by atoms with Gasteiger partial charge in [0.05, 0.1) is 12.2 Å². The second-order valence-electron chi connectivity index (χ2n) is 4.84. The molecule has 0 aliphatic carbocycles. The van der Waals surface area contributed by atoms with Crippen LogP contribution in [0, 0.1) is 5.82 Å². The van der Waals surface area contributed by atoms with E-state index in [1.165, 1.54) is 6.07 Å². The zero-order valence-corrected chi connectivity index (χ0v) is 12.2. The van der Waals surface area contributed by atoms with Gasteiger partial charge in [-0.25, -0.2) is 9.37 Å². The summed E-state index contributed by atoms with van der Waals surface area (Å²) in [6.45, 7) is 4.13. The first-order valence-corrected chi connectivity index (χ1v) is 6.79. The fraction of sp³-hybridized carbons (Fsp3) is 0.400. The molecule has 1 heterocycles. The number of halogens is 1. The second kappa shape index (κ2) is 6.52. The van der Waals surface area contributed by atoms with Crippen molar-refractivity contribution in [1.29, 1.82) is 0 Å². The van der Waals surface area contributed by atoms with Gasteiger partial charge in [0.2, 0.25) is 0 Å². The lowest BCUT2D eigenvalue weighted by molar-refractivity contribution is 0.612. The first-order chi connectivity index (χ1) is 9.63. The van der Waals surface area contributed by atoms with Crippen molar-refractivity contribution in [3.05, 3.63) is 47.8 Å². The molecule has 1 aromatic heterocycles. The van der Waals surface area contributed by atoms with E-state index in [1.807, 2.05) is 42.7 Å².